The smallest absolute Gasteiger partial charge is 0.327 e. The Bertz CT molecular complexity index is 3990. The third kappa shape index (κ3) is 27.2. The van der Waals surface area contributed by atoms with E-state index in [2.05, 4.69) is 98.7 Å². The third-order valence-electron chi connectivity index (χ3n) is 17.2. The van der Waals surface area contributed by atoms with Crippen molar-refractivity contribution in [2.45, 2.75) is 163 Å². The van der Waals surface area contributed by atoms with Crippen molar-refractivity contribution in [2.75, 3.05) is 24.7 Å². The lowest BCUT2D eigenvalue weighted by molar-refractivity contribution is -0.142. The summed E-state index contributed by atoms with van der Waals surface area (Å²) < 4.78 is 0. The Kier molecular flexibility index (Phi) is 34.9. The maximum absolute atomic E-state index is 15.3. The summed E-state index contributed by atoms with van der Waals surface area (Å²) in [6.07, 6.45) is -1.10. The summed E-state index contributed by atoms with van der Waals surface area (Å²) in [4.78, 5) is 191. The van der Waals surface area contributed by atoms with E-state index in [1.165, 1.54) is 12.5 Å². The van der Waals surface area contributed by atoms with Crippen LogP contribution in [0.3, 0.4) is 0 Å². The molecule has 0 fully saturated rings. The number of benzene rings is 4. The van der Waals surface area contributed by atoms with Crippen LogP contribution in [0.2, 0.25) is 0 Å². The first-order chi connectivity index (χ1) is 51.6. The standard InChI is InChI=1S/C72H94N16O18S2/c1-39(90)59(70(103)84-53(30-43-20-10-5-11-21-43)68(101)88-60(40(2)91)71(104)85-56(35-89)69(102)86-57(37-108)72(105)106)87-63(96)49(24-14-15-27-73)78-66(99)54(31-44-33-76-48-23-13-12-22-46(44)48)83-65(98)52(29-42-18-8-4-9-19-42)82-64(97)51(28-41-16-6-3-7-17-41)81-62(95)50(25-26-58(92)93)79-67(100)55(32-45-34-75-38-77-45)80-61(94)47(74)36-107/h3-13,16-23,33-34,38-40,47,49-57,59-60,76,89-91,107-108H,14-15,24-32,35-37,73-74H2,1-2H3,(H,75,77)(H,78,99)(H,79,100)(H,80,94)(H,81,95)(H,82,97)(H,83,98)(H,84,103)(H,85,104)(H,86,102)(H,87,96)(H,88,101)(H,92,93)(H,105,106)/t39-,40-,47+,49+,50+,51+,52+,53+,54-,55+,56+,57+,59+,60+/m1/s1. The topological polar surface area (TPSA) is 552 Å². The Labute approximate surface area is 632 Å². The number of hydrogen-bond donors (Lipinski definition) is 22. The van der Waals surface area contributed by atoms with Gasteiger partial charge < -0.3 is 105 Å². The number of unbranched alkanes of at least 4 members (excludes halogenated alkanes) is 1. The number of rotatable bonds is 45. The number of fused-ring (bicyclic) bond motifs is 1. The molecule has 6 aromatic rings. The van der Waals surface area contributed by atoms with Gasteiger partial charge in [0, 0.05) is 73.3 Å². The fourth-order valence-corrected chi connectivity index (χ4v) is 11.7. The minimum absolute atomic E-state index is 0.0986. The first kappa shape index (κ1) is 86.2. The van der Waals surface area contributed by atoms with Crippen LogP contribution in [0.1, 0.15) is 73.9 Å². The minimum atomic E-state index is -1.90. The molecular weight excluding hydrogens is 1440 g/mol. The zero-order valence-electron chi connectivity index (χ0n) is 59.2. The van der Waals surface area contributed by atoms with E-state index in [0.717, 1.165) is 13.8 Å². The van der Waals surface area contributed by atoms with E-state index in [4.69, 9.17) is 11.5 Å². The molecule has 2 heterocycles. The van der Waals surface area contributed by atoms with Crippen LogP contribution in [0.25, 0.3) is 10.9 Å². The van der Waals surface area contributed by atoms with Crippen LogP contribution in [0, 0.1) is 0 Å². The number of aromatic nitrogens is 3. The number of H-pyrrole nitrogens is 2. The Balaban J connectivity index is 1.30. The number of carbonyl (C=O) groups is 13. The highest BCUT2D eigenvalue weighted by atomic mass is 32.1. The van der Waals surface area contributed by atoms with Gasteiger partial charge in [0.1, 0.15) is 66.5 Å². The summed E-state index contributed by atoms with van der Waals surface area (Å²) in [5.74, 6) is -14.6. The molecule has 34 nitrogen and oxygen atoms in total. The number of para-hydroxylation sites is 1. The number of carboxylic acid groups (broad SMARTS) is 2. The van der Waals surface area contributed by atoms with Gasteiger partial charge in [-0.3, -0.25) is 57.5 Å². The van der Waals surface area contributed by atoms with Gasteiger partial charge in [0.15, 0.2) is 0 Å². The second-order valence-electron chi connectivity index (χ2n) is 25.6. The molecule has 0 aliphatic heterocycles. The molecule has 0 aliphatic rings. The fraction of sp³-hybridized carbons (Fsp3) is 0.417. The molecule has 0 radical (unpaired) electrons. The number of nitrogens with one attached hydrogen (secondary N) is 13. The molecule has 6 rings (SSSR count). The Hall–Kier alpha value is -10.8. The Morgan fingerprint density at radius 2 is 0.833 bits per heavy atom. The van der Waals surface area contributed by atoms with Crippen molar-refractivity contribution in [1.82, 2.24) is 73.4 Å². The number of aliphatic carboxylic acids is 2. The molecule has 0 unspecified atom stereocenters. The van der Waals surface area contributed by atoms with Gasteiger partial charge in [0.25, 0.3) is 0 Å². The molecule has 36 heteroatoms. The van der Waals surface area contributed by atoms with Crippen LogP contribution < -0.4 is 70.0 Å². The SMILES string of the molecule is C[C@@H](O)[C@H](NC(=O)[C@H](Cc1ccccc1)NC(=O)[C@@H](NC(=O)[C@H](CCCCN)NC(=O)[C@@H](Cc1c[nH]c2ccccc12)NC(=O)[C@H](Cc1ccccc1)NC(=O)[C@H](Cc1ccccc1)NC(=O)[C@H](CCC(=O)O)NC(=O)[C@H](Cc1c[nH]cn1)NC(=O)[C@@H](N)CS)[C@@H](C)O)C(=O)N[C@@H](CO)C(=O)N[C@@H](CS)C(=O)O. The summed E-state index contributed by atoms with van der Waals surface area (Å²) in [5, 5.41) is 79.5. The van der Waals surface area contributed by atoms with Crippen LogP contribution in [0.5, 0.6) is 0 Å². The molecule has 4 aromatic carbocycles. The monoisotopic (exact) mass is 1530 g/mol. The average Bonchev–Trinajstić information content (AvgIpc) is 1.66. The largest absolute Gasteiger partial charge is 0.481 e. The number of aromatic amines is 2. The highest BCUT2D eigenvalue weighted by Gasteiger charge is 2.39. The fourth-order valence-electron chi connectivity index (χ4n) is 11.2. The lowest BCUT2D eigenvalue weighted by Crippen LogP contribution is -2.63. The first-order valence-corrected chi connectivity index (χ1v) is 36.0. The van der Waals surface area contributed by atoms with Crippen LogP contribution in [0.4, 0.5) is 0 Å². The van der Waals surface area contributed by atoms with Gasteiger partial charge in [-0.25, -0.2) is 9.78 Å². The van der Waals surface area contributed by atoms with Crippen molar-refractivity contribution in [3.8, 4) is 0 Å². The predicted molar refractivity (Wildman–Crippen MR) is 400 cm³/mol. The number of thiol groups is 2. The number of aliphatic hydroxyl groups is 3. The molecule has 0 saturated carbocycles. The van der Waals surface area contributed by atoms with E-state index < -0.39 is 181 Å². The number of aliphatic hydroxyl groups excluding tert-OH is 3. The molecule has 11 amide bonds. The number of carboxylic acids is 2. The van der Waals surface area contributed by atoms with Crippen molar-refractivity contribution in [3.63, 3.8) is 0 Å². The Morgan fingerprint density at radius 3 is 1.27 bits per heavy atom. The molecule has 0 bridgehead atoms. The number of carbonyl (C=O) groups excluding carboxylic acids is 11. The number of hydrogen-bond acceptors (Lipinski definition) is 21. The normalized spacial score (nSPS) is 15.1. The lowest BCUT2D eigenvalue weighted by atomic mass is 10.00. The third-order valence-corrected chi connectivity index (χ3v) is 18.0. The van der Waals surface area contributed by atoms with Gasteiger partial charge in [0.05, 0.1) is 36.9 Å². The van der Waals surface area contributed by atoms with Crippen molar-refractivity contribution < 1.29 is 87.9 Å². The second-order valence-corrected chi connectivity index (χ2v) is 26.3. The van der Waals surface area contributed by atoms with Gasteiger partial charge in [-0.1, -0.05) is 109 Å². The van der Waals surface area contributed by atoms with Gasteiger partial charge in [0.2, 0.25) is 65.0 Å². The van der Waals surface area contributed by atoms with E-state index in [0.29, 0.717) is 45.3 Å². The van der Waals surface area contributed by atoms with Gasteiger partial charge in [-0.05, 0) is 74.4 Å². The second kappa shape index (κ2) is 43.8. The van der Waals surface area contributed by atoms with Crippen molar-refractivity contribution >= 4 is 113 Å². The van der Waals surface area contributed by atoms with Crippen LogP contribution in [-0.2, 0) is 94.4 Å². The number of imidazole rings is 1. The zero-order chi connectivity index (χ0) is 79.0. The van der Waals surface area contributed by atoms with Gasteiger partial charge >= 0.3 is 11.9 Å². The molecule has 0 aliphatic carbocycles. The molecular formula is C72H94N16O18S2. The van der Waals surface area contributed by atoms with Gasteiger partial charge in [-0.15, -0.1) is 0 Å². The first-order valence-electron chi connectivity index (χ1n) is 34.7. The maximum atomic E-state index is 15.3. The molecule has 108 heavy (non-hydrogen) atoms. The predicted octanol–water partition coefficient (Wildman–Crippen LogP) is -3.24. The molecule has 22 N–H and O–H groups in total. The summed E-state index contributed by atoms with van der Waals surface area (Å²) in [7, 11) is 0. The summed E-state index contributed by atoms with van der Waals surface area (Å²) in [6.45, 7) is 1.34. The van der Waals surface area contributed by atoms with E-state index in [1.807, 2.05) is 0 Å². The van der Waals surface area contributed by atoms with Gasteiger partial charge in [-0.2, -0.15) is 25.3 Å². The summed E-state index contributed by atoms with van der Waals surface area (Å²) in [5.41, 5.74) is 14.7. The molecule has 14 atom stereocenters. The van der Waals surface area contributed by atoms with Crippen molar-refractivity contribution in [3.05, 3.63) is 162 Å². The average molecular weight is 1540 g/mol. The summed E-state index contributed by atoms with van der Waals surface area (Å²) >= 11 is 7.98. The quantitative estimate of drug-likeness (QED) is 0.0132. The number of amides is 11. The highest BCUT2D eigenvalue weighted by molar-refractivity contribution is 7.80. The lowest BCUT2D eigenvalue weighted by Gasteiger charge is -2.29. The molecule has 0 saturated heterocycles. The molecule has 582 valence electrons. The van der Waals surface area contributed by atoms with Crippen molar-refractivity contribution in [1.29, 1.82) is 0 Å². The zero-order valence-corrected chi connectivity index (χ0v) is 61.0. The summed E-state index contributed by atoms with van der Waals surface area (Å²) in [6, 6.07) is 12.6. The molecule has 0 spiro atoms. The number of nitrogens with zero attached hydrogens (tertiary/aromatic N) is 1. The van der Waals surface area contributed by atoms with E-state index >= 15 is 14.4 Å². The Morgan fingerprint density at radius 1 is 0.444 bits per heavy atom. The van der Waals surface area contributed by atoms with Crippen LogP contribution >= 0.6 is 25.3 Å². The van der Waals surface area contributed by atoms with E-state index in [1.54, 1.807) is 121 Å². The van der Waals surface area contributed by atoms with Crippen molar-refractivity contribution in [2.24, 2.45) is 11.5 Å². The van der Waals surface area contributed by atoms with E-state index in [9.17, 15) is 73.5 Å². The maximum Gasteiger partial charge on any atom is 0.327 e. The van der Waals surface area contributed by atoms with E-state index in [-0.39, 0.29) is 63.0 Å². The van der Waals surface area contributed by atoms with Crippen LogP contribution in [0.15, 0.2) is 134 Å². The molecule has 2 aromatic heterocycles. The van der Waals surface area contributed by atoms with Crippen LogP contribution in [-0.4, -0.2) is 227 Å². The highest BCUT2D eigenvalue weighted by Crippen LogP contribution is 2.21. The number of nitrogens with two attached hydrogens (primary N) is 2. The minimum Gasteiger partial charge on any atom is -0.481 e.